The molecular weight excluding hydrogens is 210 g/mol. The van der Waals surface area contributed by atoms with Crippen molar-refractivity contribution in [1.82, 2.24) is 0 Å². The van der Waals surface area contributed by atoms with Gasteiger partial charge >= 0.3 is 0 Å². The van der Waals surface area contributed by atoms with E-state index in [4.69, 9.17) is 5.26 Å². The molecular formula is C15H11NO. The Kier molecular flexibility index (Phi) is 3.02. The fraction of sp³-hybridized carbons (Fsp3) is 0.0667. The molecule has 0 aliphatic heterocycles. The molecule has 0 saturated heterocycles. The van der Waals surface area contributed by atoms with E-state index in [0.29, 0.717) is 11.1 Å². The summed E-state index contributed by atoms with van der Waals surface area (Å²) >= 11 is 0. The first-order valence-corrected chi connectivity index (χ1v) is 5.31. The molecule has 0 aromatic heterocycles. The van der Waals surface area contributed by atoms with Crippen LogP contribution in [0.1, 0.15) is 21.5 Å². The van der Waals surface area contributed by atoms with Crippen molar-refractivity contribution in [2.75, 3.05) is 0 Å². The van der Waals surface area contributed by atoms with Gasteiger partial charge in [0.15, 0.2) is 0 Å². The van der Waals surface area contributed by atoms with Crippen LogP contribution < -0.4 is 0 Å². The number of rotatable bonds is 2. The van der Waals surface area contributed by atoms with Gasteiger partial charge in [0.2, 0.25) is 0 Å². The second kappa shape index (κ2) is 4.63. The number of nitriles is 1. The second-order valence-corrected chi connectivity index (χ2v) is 3.85. The minimum Gasteiger partial charge on any atom is -0.298 e. The molecule has 0 amide bonds. The van der Waals surface area contributed by atoms with E-state index in [1.807, 2.05) is 31.2 Å². The van der Waals surface area contributed by atoms with E-state index in [9.17, 15) is 4.79 Å². The van der Waals surface area contributed by atoms with Gasteiger partial charge in [-0.2, -0.15) is 5.26 Å². The summed E-state index contributed by atoms with van der Waals surface area (Å²) in [6.45, 7) is 1.98. The molecule has 0 bridgehead atoms. The summed E-state index contributed by atoms with van der Waals surface area (Å²) in [4.78, 5) is 10.6. The van der Waals surface area contributed by atoms with Crippen molar-refractivity contribution in [1.29, 1.82) is 5.26 Å². The number of nitrogens with zero attached hydrogens (tertiary/aromatic N) is 1. The quantitative estimate of drug-likeness (QED) is 0.730. The summed E-state index contributed by atoms with van der Waals surface area (Å²) in [6, 6.07) is 15.1. The molecule has 2 aromatic carbocycles. The summed E-state index contributed by atoms with van der Waals surface area (Å²) in [5.74, 6) is 0. The van der Waals surface area contributed by atoms with Gasteiger partial charge in [0.25, 0.3) is 0 Å². The summed E-state index contributed by atoms with van der Waals surface area (Å²) < 4.78 is 0. The Labute approximate surface area is 100 Å². The van der Waals surface area contributed by atoms with Crippen molar-refractivity contribution in [3.05, 3.63) is 59.2 Å². The molecule has 17 heavy (non-hydrogen) atoms. The standard InChI is InChI=1S/C15H11NO/c1-11-3-2-4-14(9-16)15(11)13-7-5-12(10-17)6-8-13/h2-8,10H,1H3. The molecule has 0 unspecified atom stereocenters. The second-order valence-electron chi connectivity index (χ2n) is 3.85. The highest BCUT2D eigenvalue weighted by molar-refractivity contribution is 5.79. The Hall–Kier alpha value is -2.40. The zero-order chi connectivity index (χ0) is 12.3. The van der Waals surface area contributed by atoms with Gasteiger partial charge in [0.1, 0.15) is 6.29 Å². The van der Waals surface area contributed by atoms with Crippen LogP contribution in [0, 0.1) is 18.3 Å². The van der Waals surface area contributed by atoms with Crippen molar-refractivity contribution in [2.24, 2.45) is 0 Å². The molecule has 2 rings (SSSR count). The molecule has 2 nitrogen and oxygen atoms in total. The molecule has 0 N–H and O–H groups in total. The Morgan fingerprint density at radius 3 is 2.41 bits per heavy atom. The van der Waals surface area contributed by atoms with Crippen LogP contribution in [0.3, 0.4) is 0 Å². The molecule has 0 heterocycles. The smallest absolute Gasteiger partial charge is 0.150 e. The largest absolute Gasteiger partial charge is 0.298 e. The van der Waals surface area contributed by atoms with Crippen LogP contribution in [0.5, 0.6) is 0 Å². The number of carbonyl (C=O) groups excluding carboxylic acids is 1. The number of carbonyl (C=O) groups is 1. The Morgan fingerprint density at radius 2 is 1.82 bits per heavy atom. The van der Waals surface area contributed by atoms with Gasteiger partial charge in [-0.05, 0) is 24.1 Å². The van der Waals surface area contributed by atoms with Crippen molar-refractivity contribution in [2.45, 2.75) is 6.92 Å². The number of aryl methyl sites for hydroxylation is 1. The summed E-state index contributed by atoms with van der Waals surface area (Å²) in [5, 5.41) is 9.10. The van der Waals surface area contributed by atoms with E-state index >= 15 is 0 Å². The highest BCUT2D eigenvalue weighted by atomic mass is 16.1. The van der Waals surface area contributed by atoms with Crippen LogP contribution in [0.4, 0.5) is 0 Å². The average Bonchev–Trinajstić information content (AvgIpc) is 2.38. The molecule has 2 aromatic rings. The van der Waals surface area contributed by atoms with Crippen molar-refractivity contribution in [3.63, 3.8) is 0 Å². The van der Waals surface area contributed by atoms with Crippen LogP contribution in [-0.4, -0.2) is 6.29 Å². The predicted octanol–water partition coefficient (Wildman–Crippen LogP) is 3.35. The zero-order valence-electron chi connectivity index (χ0n) is 9.47. The van der Waals surface area contributed by atoms with E-state index in [0.717, 1.165) is 23.0 Å². The fourth-order valence-electron chi connectivity index (χ4n) is 1.87. The van der Waals surface area contributed by atoms with Crippen LogP contribution in [0.25, 0.3) is 11.1 Å². The Morgan fingerprint density at radius 1 is 1.12 bits per heavy atom. The van der Waals surface area contributed by atoms with E-state index in [-0.39, 0.29) is 0 Å². The lowest BCUT2D eigenvalue weighted by Gasteiger charge is -2.08. The molecule has 0 radical (unpaired) electrons. The number of benzene rings is 2. The lowest BCUT2D eigenvalue weighted by Crippen LogP contribution is -1.89. The summed E-state index contributed by atoms with van der Waals surface area (Å²) in [7, 11) is 0. The van der Waals surface area contributed by atoms with Crippen LogP contribution >= 0.6 is 0 Å². The third-order valence-electron chi connectivity index (χ3n) is 2.73. The van der Waals surface area contributed by atoms with Gasteiger partial charge in [-0.3, -0.25) is 4.79 Å². The van der Waals surface area contributed by atoms with Gasteiger partial charge in [-0.1, -0.05) is 36.4 Å². The highest BCUT2D eigenvalue weighted by Crippen LogP contribution is 2.27. The van der Waals surface area contributed by atoms with Gasteiger partial charge in [-0.25, -0.2) is 0 Å². The van der Waals surface area contributed by atoms with Gasteiger partial charge in [0, 0.05) is 11.1 Å². The lowest BCUT2D eigenvalue weighted by atomic mass is 9.95. The van der Waals surface area contributed by atoms with Gasteiger partial charge in [-0.15, -0.1) is 0 Å². The topological polar surface area (TPSA) is 40.9 Å². The van der Waals surface area contributed by atoms with E-state index in [1.54, 1.807) is 18.2 Å². The molecule has 0 atom stereocenters. The zero-order valence-corrected chi connectivity index (χ0v) is 9.47. The first-order valence-electron chi connectivity index (χ1n) is 5.31. The molecule has 0 saturated carbocycles. The van der Waals surface area contributed by atoms with Crippen LogP contribution in [0.15, 0.2) is 42.5 Å². The van der Waals surface area contributed by atoms with Crippen LogP contribution in [-0.2, 0) is 0 Å². The molecule has 0 fully saturated rings. The van der Waals surface area contributed by atoms with E-state index in [1.165, 1.54) is 0 Å². The van der Waals surface area contributed by atoms with Crippen molar-refractivity contribution >= 4 is 6.29 Å². The number of aldehydes is 1. The lowest BCUT2D eigenvalue weighted by molar-refractivity contribution is 0.112. The van der Waals surface area contributed by atoms with E-state index in [2.05, 4.69) is 6.07 Å². The average molecular weight is 221 g/mol. The Bertz CT molecular complexity index is 591. The predicted molar refractivity (Wildman–Crippen MR) is 66.7 cm³/mol. The number of hydrogen-bond acceptors (Lipinski definition) is 2. The summed E-state index contributed by atoms with van der Waals surface area (Å²) in [6.07, 6.45) is 0.812. The maximum absolute atomic E-state index is 10.6. The third kappa shape index (κ3) is 2.09. The molecule has 2 heteroatoms. The van der Waals surface area contributed by atoms with Crippen molar-refractivity contribution in [3.8, 4) is 17.2 Å². The molecule has 0 aliphatic rings. The molecule has 0 spiro atoms. The monoisotopic (exact) mass is 221 g/mol. The van der Waals surface area contributed by atoms with E-state index < -0.39 is 0 Å². The molecule has 82 valence electrons. The van der Waals surface area contributed by atoms with Gasteiger partial charge in [0.05, 0.1) is 11.6 Å². The summed E-state index contributed by atoms with van der Waals surface area (Å²) in [5.41, 5.74) is 4.25. The van der Waals surface area contributed by atoms with Crippen molar-refractivity contribution < 1.29 is 4.79 Å². The third-order valence-corrected chi connectivity index (χ3v) is 2.73. The minimum absolute atomic E-state index is 0.640. The van der Waals surface area contributed by atoms with Crippen LogP contribution in [0.2, 0.25) is 0 Å². The Balaban J connectivity index is 2.60. The number of hydrogen-bond donors (Lipinski definition) is 0. The highest BCUT2D eigenvalue weighted by Gasteiger charge is 2.07. The fourth-order valence-corrected chi connectivity index (χ4v) is 1.87. The SMILES string of the molecule is Cc1cccc(C#N)c1-c1ccc(C=O)cc1. The first kappa shape index (κ1) is 11.1. The maximum atomic E-state index is 10.6. The molecule has 0 aliphatic carbocycles. The maximum Gasteiger partial charge on any atom is 0.150 e. The minimum atomic E-state index is 0.640. The first-order chi connectivity index (χ1) is 8.26. The van der Waals surface area contributed by atoms with Gasteiger partial charge < -0.3 is 0 Å². The normalized spacial score (nSPS) is 9.65.